The molecule has 25 heavy (non-hydrogen) atoms. The first kappa shape index (κ1) is 18.4. The van der Waals surface area contributed by atoms with E-state index in [1.54, 1.807) is 20.8 Å². The molecule has 134 valence electrons. The van der Waals surface area contributed by atoms with Gasteiger partial charge >= 0.3 is 6.09 Å². The lowest BCUT2D eigenvalue weighted by Gasteiger charge is -2.19. The summed E-state index contributed by atoms with van der Waals surface area (Å²) >= 11 is 0. The highest BCUT2D eigenvalue weighted by Crippen LogP contribution is 2.19. The third kappa shape index (κ3) is 5.28. The molecule has 0 radical (unpaired) electrons. The predicted molar refractivity (Wildman–Crippen MR) is 89.4 cm³/mol. The standard InChI is InChI=1S/C16H20FN5O3/c1-16(2,3)25-15(24)19-13-8-11(9-14(23)20-18)21-22(13)12-6-4-10(17)5-7-12/h4-8H,9,18H2,1-3H3,(H,19,24)(H,20,23). The van der Waals surface area contributed by atoms with Crippen molar-refractivity contribution in [2.24, 2.45) is 5.84 Å². The summed E-state index contributed by atoms with van der Waals surface area (Å²) in [6, 6.07) is 7.04. The lowest BCUT2D eigenvalue weighted by molar-refractivity contribution is -0.120. The van der Waals surface area contributed by atoms with Crippen molar-refractivity contribution in [3.63, 3.8) is 0 Å². The molecule has 0 saturated carbocycles. The zero-order valence-corrected chi connectivity index (χ0v) is 14.2. The predicted octanol–water partition coefficient (Wildman–Crippen LogP) is 1.89. The van der Waals surface area contributed by atoms with Crippen LogP contribution < -0.4 is 16.6 Å². The van der Waals surface area contributed by atoms with Crippen LogP contribution in [-0.2, 0) is 16.0 Å². The summed E-state index contributed by atoms with van der Waals surface area (Å²) in [7, 11) is 0. The summed E-state index contributed by atoms with van der Waals surface area (Å²) < 4.78 is 19.7. The van der Waals surface area contributed by atoms with E-state index >= 15 is 0 Å². The smallest absolute Gasteiger partial charge is 0.413 e. The van der Waals surface area contributed by atoms with Gasteiger partial charge < -0.3 is 4.74 Å². The van der Waals surface area contributed by atoms with Crippen LogP contribution in [0.3, 0.4) is 0 Å². The molecule has 0 unspecified atom stereocenters. The van der Waals surface area contributed by atoms with Gasteiger partial charge in [0.25, 0.3) is 0 Å². The number of hydrazine groups is 1. The average Bonchev–Trinajstić information content (AvgIpc) is 2.88. The monoisotopic (exact) mass is 349 g/mol. The van der Waals surface area contributed by atoms with E-state index in [1.165, 1.54) is 35.0 Å². The minimum Gasteiger partial charge on any atom is -0.444 e. The summed E-state index contributed by atoms with van der Waals surface area (Å²) in [6.07, 6.45) is -0.751. The van der Waals surface area contributed by atoms with Crippen LogP contribution in [0.15, 0.2) is 30.3 Å². The number of nitrogens with one attached hydrogen (secondary N) is 2. The number of carbonyl (C=O) groups is 2. The number of rotatable bonds is 4. The fourth-order valence-corrected chi connectivity index (χ4v) is 2.01. The minimum atomic E-state index is -0.675. The van der Waals surface area contributed by atoms with E-state index < -0.39 is 23.4 Å². The first-order chi connectivity index (χ1) is 11.7. The maximum absolute atomic E-state index is 13.1. The zero-order chi connectivity index (χ0) is 18.6. The van der Waals surface area contributed by atoms with Gasteiger partial charge in [-0.2, -0.15) is 5.10 Å². The first-order valence-electron chi connectivity index (χ1n) is 7.52. The number of carbonyl (C=O) groups excluding carboxylic acids is 2. The van der Waals surface area contributed by atoms with E-state index in [-0.39, 0.29) is 12.2 Å². The van der Waals surface area contributed by atoms with Gasteiger partial charge in [0.05, 0.1) is 17.8 Å². The fraction of sp³-hybridized carbons (Fsp3) is 0.312. The van der Waals surface area contributed by atoms with Crippen molar-refractivity contribution in [3.8, 4) is 5.69 Å². The lowest BCUT2D eigenvalue weighted by atomic mass is 10.2. The van der Waals surface area contributed by atoms with Gasteiger partial charge in [-0.05, 0) is 45.0 Å². The molecule has 2 aromatic rings. The van der Waals surface area contributed by atoms with E-state index in [9.17, 15) is 14.0 Å². The Balaban J connectivity index is 2.33. The molecule has 0 fully saturated rings. The molecule has 4 N–H and O–H groups in total. The number of nitrogens with two attached hydrogens (primary N) is 1. The Hall–Kier alpha value is -2.94. The Morgan fingerprint density at radius 2 is 1.92 bits per heavy atom. The third-order valence-electron chi connectivity index (χ3n) is 2.96. The van der Waals surface area contributed by atoms with Gasteiger partial charge in [-0.15, -0.1) is 0 Å². The molecule has 8 nitrogen and oxygen atoms in total. The van der Waals surface area contributed by atoms with Crippen molar-refractivity contribution in [1.29, 1.82) is 0 Å². The zero-order valence-electron chi connectivity index (χ0n) is 14.2. The molecule has 1 heterocycles. The van der Waals surface area contributed by atoms with Crippen LogP contribution in [0.5, 0.6) is 0 Å². The molecular weight excluding hydrogens is 329 g/mol. The quantitative estimate of drug-likeness (QED) is 0.443. The fourth-order valence-electron chi connectivity index (χ4n) is 2.01. The van der Waals surface area contributed by atoms with Crippen LogP contribution in [0.2, 0.25) is 0 Å². The molecule has 2 amide bonds. The van der Waals surface area contributed by atoms with Crippen molar-refractivity contribution in [2.45, 2.75) is 32.8 Å². The molecule has 0 aliphatic heterocycles. The number of ether oxygens (including phenoxy) is 1. The van der Waals surface area contributed by atoms with E-state index in [0.29, 0.717) is 11.4 Å². The van der Waals surface area contributed by atoms with Gasteiger partial charge in [-0.3, -0.25) is 15.5 Å². The van der Waals surface area contributed by atoms with E-state index in [4.69, 9.17) is 10.6 Å². The molecule has 2 rings (SSSR count). The van der Waals surface area contributed by atoms with Crippen LogP contribution in [0, 0.1) is 5.82 Å². The Morgan fingerprint density at radius 3 is 2.48 bits per heavy atom. The van der Waals surface area contributed by atoms with Gasteiger partial charge in [0.15, 0.2) is 0 Å². The highest BCUT2D eigenvalue weighted by molar-refractivity contribution is 5.85. The van der Waals surface area contributed by atoms with Crippen LogP contribution in [-0.4, -0.2) is 27.4 Å². The normalized spacial score (nSPS) is 11.1. The van der Waals surface area contributed by atoms with Crippen molar-refractivity contribution in [1.82, 2.24) is 15.2 Å². The van der Waals surface area contributed by atoms with Crippen LogP contribution in [0.4, 0.5) is 15.0 Å². The maximum atomic E-state index is 13.1. The Bertz CT molecular complexity index is 765. The third-order valence-corrected chi connectivity index (χ3v) is 2.96. The molecule has 0 spiro atoms. The first-order valence-corrected chi connectivity index (χ1v) is 7.52. The number of nitrogens with zero attached hydrogens (tertiary/aromatic N) is 2. The molecule has 0 aliphatic rings. The second-order valence-corrected chi connectivity index (χ2v) is 6.28. The van der Waals surface area contributed by atoms with Crippen molar-refractivity contribution < 1.29 is 18.7 Å². The van der Waals surface area contributed by atoms with Gasteiger partial charge in [-0.25, -0.2) is 19.7 Å². The van der Waals surface area contributed by atoms with Gasteiger partial charge in [-0.1, -0.05) is 0 Å². The molecule has 1 aromatic heterocycles. The molecule has 0 saturated heterocycles. The SMILES string of the molecule is CC(C)(C)OC(=O)Nc1cc(CC(=O)NN)nn1-c1ccc(F)cc1. The number of halogens is 1. The summed E-state index contributed by atoms with van der Waals surface area (Å²) in [4.78, 5) is 23.5. The van der Waals surface area contributed by atoms with E-state index in [2.05, 4.69) is 10.4 Å². The van der Waals surface area contributed by atoms with Gasteiger partial charge in [0.2, 0.25) is 5.91 Å². The number of amides is 2. The average molecular weight is 349 g/mol. The maximum Gasteiger partial charge on any atom is 0.413 e. The molecule has 0 bridgehead atoms. The van der Waals surface area contributed by atoms with Gasteiger partial charge in [0, 0.05) is 6.07 Å². The molecular formula is C16H20FN5O3. The second-order valence-electron chi connectivity index (χ2n) is 6.28. The summed E-state index contributed by atoms with van der Waals surface area (Å²) in [5.74, 6) is 4.52. The Morgan fingerprint density at radius 1 is 1.28 bits per heavy atom. The van der Waals surface area contributed by atoms with Crippen molar-refractivity contribution >= 4 is 17.8 Å². The van der Waals surface area contributed by atoms with E-state index in [1.807, 2.05) is 5.43 Å². The molecule has 0 aliphatic carbocycles. The number of benzene rings is 1. The second kappa shape index (κ2) is 7.31. The highest BCUT2D eigenvalue weighted by atomic mass is 19.1. The largest absolute Gasteiger partial charge is 0.444 e. The summed E-state index contributed by atoms with van der Waals surface area (Å²) in [5, 5.41) is 6.83. The molecule has 0 atom stereocenters. The van der Waals surface area contributed by atoms with Crippen molar-refractivity contribution in [3.05, 3.63) is 41.8 Å². The number of aromatic nitrogens is 2. The minimum absolute atomic E-state index is 0.0757. The Kier molecular flexibility index (Phi) is 5.38. The lowest BCUT2D eigenvalue weighted by Crippen LogP contribution is -2.31. The van der Waals surface area contributed by atoms with E-state index in [0.717, 1.165) is 0 Å². The van der Waals surface area contributed by atoms with Crippen LogP contribution >= 0.6 is 0 Å². The topological polar surface area (TPSA) is 111 Å². The molecule has 1 aromatic carbocycles. The number of anilines is 1. The Labute approximate surface area is 144 Å². The van der Waals surface area contributed by atoms with Crippen LogP contribution in [0.1, 0.15) is 26.5 Å². The highest BCUT2D eigenvalue weighted by Gasteiger charge is 2.19. The van der Waals surface area contributed by atoms with Gasteiger partial charge in [0.1, 0.15) is 17.2 Å². The van der Waals surface area contributed by atoms with Crippen molar-refractivity contribution in [2.75, 3.05) is 5.32 Å². The number of hydrogen-bond donors (Lipinski definition) is 3. The number of hydrogen-bond acceptors (Lipinski definition) is 5. The summed E-state index contributed by atoms with van der Waals surface area (Å²) in [5.41, 5.74) is 2.22. The van der Waals surface area contributed by atoms with Crippen LogP contribution in [0.25, 0.3) is 5.69 Å². The summed E-state index contributed by atoms with van der Waals surface area (Å²) in [6.45, 7) is 5.21. The molecule has 9 heteroatoms.